The molecule has 3 nitrogen and oxygen atoms in total. The maximum absolute atomic E-state index is 12.7. The highest BCUT2D eigenvalue weighted by Gasteiger charge is 2.16. The monoisotopic (exact) mass is 393 g/mol. The first-order valence-electron chi connectivity index (χ1n) is 9.61. The third kappa shape index (κ3) is 5.02. The zero-order valence-corrected chi connectivity index (χ0v) is 17.7. The maximum Gasteiger partial charge on any atom is 0.261 e. The molecule has 28 heavy (non-hydrogen) atoms. The second-order valence-corrected chi connectivity index (χ2v) is 8.11. The lowest BCUT2D eigenvalue weighted by Crippen LogP contribution is -2.27. The van der Waals surface area contributed by atoms with E-state index in [0.29, 0.717) is 11.5 Å². The first-order valence-corrected chi connectivity index (χ1v) is 10.5. The van der Waals surface area contributed by atoms with E-state index in [9.17, 15) is 4.79 Å². The van der Waals surface area contributed by atoms with Crippen LogP contribution in [0, 0.1) is 20.8 Å². The van der Waals surface area contributed by atoms with Crippen LogP contribution in [0.1, 0.15) is 56.9 Å². The number of hydrogen-bond acceptors (Lipinski definition) is 3. The van der Waals surface area contributed by atoms with Gasteiger partial charge in [-0.3, -0.25) is 4.79 Å². The molecule has 1 heterocycles. The zero-order chi connectivity index (χ0) is 20.1. The van der Waals surface area contributed by atoms with Crippen molar-refractivity contribution in [1.82, 2.24) is 5.32 Å². The predicted octanol–water partition coefficient (Wildman–Crippen LogP) is 6.13. The summed E-state index contributed by atoms with van der Waals surface area (Å²) in [4.78, 5) is 13.4. The summed E-state index contributed by atoms with van der Waals surface area (Å²) in [5, 5.41) is 5.14. The number of ether oxygens (including phenoxy) is 1. The Morgan fingerprint density at radius 3 is 2.46 bits per heavy atom. The number of aryl methyl sites for hydroxylation is 3. The molecule has 0 fully saturated rings. The number of benzene rings is 2. The highest BCUT2D eigenvalue weighted by atomic mass is 32.1. The minimum absolute atomic E-state index is 0.0189. The summed E-state index contributed by atoms with van der Waals surface area (Å²) in [6.45, 7) is 8.77. The van der Waals surface area contributed by atoms with Gasteiger partial charge < -0.3 is 10.1 Å². The highest BCUT2D eigenvalue weighted by Crippen LogP contribution is 2.22. The predicted molar refractivity (Wildman–Crippen MR) is 116 cm³/mol. The van der Waals surface area contributed by atoms with Gasteiger partial charge in [0.15, 0.2) is 0 Å². The molecule has 0 aliphatic rings. The third-order valence-corrected chi connectivity index (χ3v) is 5.93. The standard InChI is InChI=1S/C24H27NO2S/c1-5-22(20-9-6-16(2)7-10-20)25-24(26)23-13-19(15-28-23)14-27-21-11-8-17(3)18(4)12-21/h6-13,15,22H,5,14H2,1-4H3,(H,25,26). The van der Waals surface area contributed by atoms with Crippen LogP contribution in [0.2, 0.25) is 0 Å². The molecule has 3 rings (SSSR count). The van der Waals surface area contributed by atoms with Gasteiger partial charge >= 0.3 is 0 Å². The molecule has 1 aromatic heterocycles. The van der Waals surface area contributed by atoms with Crippen LogP contribution in [0.5, 0.6) is 5.75 Å². The Kier molecular flexibility index (Phi) is 6.53. The van der Waals surface area contributed by atoms with E-state index in [1.807, 2.05) is 23.6 Å². The highest BCUT2D eigenvalue weighted by molar-refractivity contribution is 7.12. The molecule has 0 aliphatic carbocycles. The Hall–Kier alpha value is -2.59. The first-order chi connectivity index (χ1) is 13.5. The van der Waals surface area contributed by atoms with Gasteiger partial charge in [0.25, 0.3) is 5.91 Å². The van der Waals surface area contributed by atoms with Crippen molar-refractivity contribution in [3.8, 4) is 5.75 Å². The van der Waals surface area contributed by atoms with E-state index >= 15 is 0 Å². The van der Waals surface area contributed by atoms with E-state index in [0.717, 1.165) is 23.3 Å². The van der Waals surface area contributed by atoms with Crippen molar-refractivity contribution >= 4 is 17.2 Å². The Morgan fingerprint density at radius 1 is 1.04 bits per heavy atom. The Balaban J connectivity index is 1.61. The Bertz CT molecular complexity index is 943. The number of carbonyl (C=O) groups excluding carboxylic acids is 1. The van der Waals surface area contributed by atoms with Gasteiger partial charge in [-0.2, -0.15) is 0 Å². The van der Waals surface area contributed by atoms with Crippen molar-refractivity contribution in [2.75, 3.05) is 0 Å². The van der Waals surface area contributed by atoms with Crippen molar-refractivity contribution in [1.29, 1.82) is 0 Å². The lowest BCUT2D eigenvalue weighted by Gasteiger charge is -2.17. The summed E-state index contributed by atoms with van der Waals surface area (Å²) in [6, 6.07) is 16.4. The van der Waals surface area contributed by atoms with Crippen LogP contribution in [0.15, 0.2) is 53.9 Å². The second-order valence-electron chi connectivity index (χ2n) is 7.20. The van der Waals surface area contributed by atoms with E-state index < -0.39 is 0 Å². The van der Waals surface area contributed by atoms with Gasteiger partial charge in [0, 0.05) is 5.56 Å². The normalized spacial score (nSPS) is 11.9. The first kappa shape index (κ1) is 20.2. The fraction of sp³-hybridized carbons (Fsp3) is 0.292. The third-order valence-electron chi connectivity index (χ3n) is 4.95. The minimum Gasteiger partial charge on any atom is -0.489 e. The number of rotatable bonds is 7. The Labute approximate surface area is 171 Å². The van der Waals surface area contributed by atoms with Crippen LogP contribution in [-0.2, 0) is 6.61 Å². The van der Waals surface area contributed by atoms with Crippen molar-refractivity contribution in [3.05, 3.63) is 86.6 Å². The molecule has 4 heteroatoms. The fourth-order valence-corrected chi connectivity index (χ4v) is 3.79. The largest absolute Gasteiger partial charge is 0.489 e. The number of amides is 1. The van der Waals surface area contributed by atoms with Crippen LogP contribution in [0.4, 0.5) is 0 Å². The molecule has 146 valence electrons. The summed E-state index contributed by atoms with van der Waals surface area (Å²) in [5.74, 6) is 0.820. The van der Waals surface area contributed by atoms with Gasteiger partial charge in [0.1, 0.15) is 12.4 Å². The summed E-state index contributed by atoms with van der Waals surface area (Å²) in [6.07, 6.45) is 0.850. The lowest BCUT2D eigenvalue weighted by molar-refractivity contribution is 0.0939. The summed E-state index contributed by atoms with van der Waals surface area (Å²) in [7, 11) is 0. The molecule has 0 saturated carbocycles. The van der Waals surface area contributed by atoms with Crippen LogP contribution in [0.25, 0.3) is 0 Å². The van der Waals surface area contributed by atoms with Gasteiger partial charge in [-0.25, -0.2) is 0 Å². The molecular weight excluding hydrogens is 366 g/mol. The van der Waals surface area contributed by atoms with Crippen LogP contribution in [0.3, 0.4) is 0 Å². The number of carbonyl (C=O) groups is 1. The van der Waals surface area contributed by atoms with E-state index in [4.69, 9.17) is 4.74 Å². The molecule has 1 unspecified atom stereocenters. The zero-order valence-electron chi connectivity index (χ0n) is 16.9. The summed E-state index contributed by atoms with van der Waals surface area (Å²) < 4.78 is 5.88. The van der Waals surface area contributed by atoms with Crippen LogP contribution < -0.4 is 10.1 Å². The molecule has 0 aliphatic heterocycles. The van der Waals surface area contributed by atoms with Crippen molar-refractivity contribution in [2.45, 2.75) is 46.8 Å². The van der Waals surface area contributed by atoms with Crippen LogP contribution >= 0.6 is 11.3 Å². The molecule has 0 radical (unpaired) electrons. The van der Waals surface area contributed by atoms with Gasteiger partial charge in [0.05, 0.1) is 10.9 Å². The molecule has 0 bridgehead atoms. The smallest absolute Gasteiger partial charge is 0.261 e. The van der Waals surface area contributed by atoms with Gasteiger partial charge in [0.2, 0.25) is 0 Å². The van der Waals surface area contributed by atoms with Gasteiger partial charge in [-0.05, 0) is 67.5 Å². The maximum atomic E-state index is 12.7. The molecule has 3 aromatic rings. The molecule has 0 spiro atoms. The molecule has 2 aromatic carbocycles. The van der Waals surface area contributed by atoms with E-state index in [-0.39, 0.29) is 11.9 Å². The van der Waals surface area contributed by atoms with Crippen molar-refractivity contribution in [3.63, 3.8) is 0 Å². The van der Waals surface area contributed by atoms with Crippen molar-refractivity contribution < 1.29 is 9.53 Å². The fourth-order valence-electron chi connectivity index (χ4n) is 2.99. The quantitative estimate of drug-likeness (QED) is 0.524. The molecule has 0 saturated heterocycles. The second kappa shape index (κ2) is 9.07. The minimum atomic E-state index is -0.0325. The van der Waals surface area contributed by atoms with E-state index in [2.05, 4.69) is 63.3 Å². The number of hydrogen-bond donors (Lipinski definition) is 1. The average molecular weight is 394 g/mol. The van der Waals surface area contributed by atoms with Gasteiger partial charge in [-0.1, -0.05) is 42.8 Å². The topological polar surface area (TPSA) is 38.3 Å². The SMILES string of the molecule is CCC(NC(=O)c1cc(COc2ccc(C)c(C)c2)cs1)c1ccc(C)cc1. The lowest BCUT2D eigenvalue weighted by atomic mass is 10.0. The summed E-state index contributed by atoms with van der Waals surface area (Å²) in [5.41, 5.74) is 5.83. The molecule has 1 N–H and O–H groups in total. The molecular formula is C24H27NO2S. The number of thiophene rings is 1. The molecule has 1 atom stereocenters. The molecule has 1 amide bonds. The summed E-state index contributed by atoms with van der Waals surface area (Å²) >= 11 is 1.46. The van der Waals surface area contributed by atoms with Crippen molar-refractivity contribution in [2.24, 2.45) is 0 Å². The number of nitrogens with one attached hydrogen (secondary N) is 1. The Morgan fingerprint density at radius 2 is 1.79 bits per heavy atom. The average Bonchev–Trinajstić information content (AvgIpc) is 3.17. The van der Waals surface area contributed by atoms with E-state index in [1.165, 1.54) is 28.0 Å². The van der Waals surface area contributed by atoms with Crippen LogP contribution in [-0.4, -0.2) is 5.91 Å². The van der Waals surface area contributed by atoms with E-state index in [1.54, 1.807) is 0 Å². The van der Waals surface area contributed by atoms with Gasteiger partial charge in [-0.15, -0.1) is 11.3 Å².